The van der Waals surface area contributed by atoms with Crippen LogP contribution in [0.15, 0.2) is 30.3 Å². The Morgan fingerprint density at radius 3 is 2.48 bits per heavy atom. The maximum Gasteiger partial charge on any atom is 0.220 e. The number of sulfone groups is 1. The molecule has 1 aromatic carbocycles. The minimum absolute atomic E-state index is 0.00347. The van der Waals surface area contributed by atoms with Crippen molar-refractivity contribution >= 4 is 15.7 Å². The van der Waals surface area contributed by atoms with Crippen molar-refractivity contribution in [3.63, 3.8) is 0 Å². The highest BCUT2D eigenvalue weighted by atomic mass is 32.2. The molecular weight excluding hydrogens is 310 g/mol. The summed E-state index contributed by atoms with van der Waals surface area (Å²) in [5.74, 6) is 0.397. The van der Waals surface area contributed by atoms with Crippen LogP contribution in [0.2, 0.25) is 0 Å². The van der Waals surface area contributed by atoms with Crippen molar-refractivity contribution in [2.45, 2.75) is 43.9 Å². The summed E-state index contributed by atoms with van der Waals surface area (Å²) < 4.78 is 23.0. The first-order valence-corrected chi connectivity index (χ1v) is 10.3. The third-order valence-electron chi connectivity index (χ3n) is 5.37. The third-order valence-corrected chi connectivity index (χ3v) is 7.21. The van der Waals surface area contributed by atoms with Crippen LogP contribution in [0.4, 0.5) is 0 Å². The summed E-state index contributed by atoms with van der Waals surface area (Å²) in [5.41, 5.74) is 1.36. The van der Waals surface area contributed by atoms with Gasteiger partial charge in [0.25, 0.3) is 0 Å². The summed E-state index contributed by atoms with van der Waals surface area (Å²) in [7, 11) is -2.91. The average molecular weight is 335 g/mol. The Morgan fingerprint density at radius 2 is 1.87 bits per heavy atom. The SMILES string of the molecule is O=C(CC1CCS(=O)(=O)C1)NCC1(c2ccccc2)CCCC1. The molecule has 0 aromatic heterocycles. The monoisotopic (exact) mass is 335 g/mol. The van der Waals surface area contributed by atoms with Gasteiger partial charge in [0.15, 0.2) is 9.84 Å². The van der Waals surface area contributed by atoms with E-state index in [1.54, 1.807) is 0 Å². The van der Waals surface area contributed by atoms with E-state index in [9.17, 15) is 13.2 Å². The number of hydrogen-bond donors (Lipinski definition) is 1. The van der Waals surface area contributed by atoms with Crippen LogP contribution in [0.3, 0.4) is 0 Å². The first-order chi connectivity index (χ1) is 11.0. The summed E-state index contributed by atoms with van der Waals surface area (Å²) in [6, 6.07) is 10.4. The van der Waals surface area contributed by atoms with Gasteiger partial charge in [-0.2, -0.15) is 0 Å². The Bertz CT molecular complexity index is 648. The van der Waals surface area contributed by atoms with E-state index in [-0.39, 0.29) is 28.7 Å². The topological polar surface area (TPSA) is 63.2 Å². The quantitative estimate of drug-likeness (QED) is 0.899. The number of carbonyl (C=O) groups is 1. The molecule has 1 saturated carbocycles. The summed E-state index contributed by atoms with van der Waals surface area (Å²) in [6.07, 6.45) is 5.57. The number of nitrogens with one attached hydrogen (secondary N) is 1. The molecule has 1 aliphatic heterocycles. The zero-order valence-corrected chi connectivity index (χ0v) is 14.3. The fourth-order valence-electron chi connectivity index (χ4n) is 4.05. The van der Waals surface area contributed by atoms with Crippen LogP contribution in [0.5, 0.6) is 0 Å². The molecule has 126 valence electrons. The molecule has 1 N–H and O–H groups in total. The zero-order chi connectivity index (χ0) is 16.3. The minimum atomic E-state index is -2.91. The number of carbonyl (C=O) groups excluding carboxylic acids is 1. The second kappa shape index (κ2) is 6.63. The molecule has 23 heavy (non-hydrogen) atoms. The molecule has 1 unspecified atom stereocenters. The Balaban J connectivity index is 1.58. The van der Waals surface area contributed by atoms with E-state index in [0.717, 1.165) is 12.8 Å². The van der Waals surface area contributed by atoms with Gasteiger partial charge in [-0.05, 0) is 30.7 Å². The second-order valence-corrected chi connectivity index (χ2v) is 9.33. The van der Waals surface area contributed by atoms with E-state index in [1.165, 1.54) is 18.4 Å². The van der Waals surface area contributed by atoms with Gasteiger partial charge >= 0.3 is 0 Å². The highest BCUT2D eigenvalue weighted by molar-refractivity contribution is 7.91. The molecule has 0 radical (unpaired) electrons. The lowest BCUT2D eigenvalue weighted by molar-refractivity contribution is -0.122. The fraction of sp³-hybridized carbons (Fsp3) is 0.611. The van der Waals surface area contributed by atoms with Crippen LogP contribution in [0.1, 0.15) is 44.1 Å². The molecule has 1 atom stereocenters. The van der Waals surface area contributed by atoms with Crippen LogP contribution in [-0.4, -0.2) is 32.4 Å². The van der Waals surface area contributed by atoms with Crippen LogP contribution >= 0.6 is 0 Å². The standard InChI is InChI=1S/C18H25NO3S/c20-17(12-15-8-11-23(21,22)13-15)19-14-18(9-4-5-10-18)16-6-2-1-3-7-16/h1-3,6-7,15H,4-5,8-14H2,(H,19,20). The Kier molecular flexibility index (Phi) is 4.76. The van der Waals surface area contributed by atoms with Crippen molar-refractivity contribution in [1.82, 2.24) is 5.32 Å². The van der Waals surface area contributed by atoms with Crippen LogP contribution < -0.4 is 5.32 Å². The summed E-state index contributed by atoms with van der Waals surface area (Å²) in [4.78, 5) is 12.2. The summed E-state index contributed by atoms with van der Waals surface area (Å²) >= 11 is 0. The number of benzene rings is 1. The third kappa shape index (κ3) is 3.94. The predicted octanol–water partition coefficient (Wildman–Crippen LogP) is 2.44. The number of hydrogen-bond acceptors (Lipinski definition) is 3. The lowest BCUT2D eigenvalue weighted by Gasteiger charge is -2.30. The van der Waals surface area contributed by atoms with Gasteiger partial charge in [-0.1, -0.05) is 43.2 Å². The molecule has 3 rings (SSSR count). The molecule has 5 heteroatoms. The van der Waals surface area contributed by atoms with Crippen LogP contribution in [-0.2, 0) is 20.0 Å². The summed E-state index contributed by atoms with van der Waals surface area (Å²) in [6.45, 7) is 0.662. The largest absolute Gasteiger partial charge is 0.355 e. The smallest absolute Gasteiger partial charge is 0.220 e. The van der Waals surface area contributed by atoms with Gasteiger partial charge < -0.3 is 5.32 Å². The van der Waals surface area contributed by atoms with Gasteiger partial charge in [0.1, 0.15) is 0 Å². The van der Waals surface area contributed by atoms with Crippen molar-refractivity contribution in [3.05, 3.63) is 35.9 Å². The molecule has 2 fully saturated rings. The molecule has 1 aliphatic carbocycles. The second-order valence-electron chi connectivity index (χ2n) is 7.10. The maximum absolute atomic E-state index is 12.2. The molecule has 1 heterocycles. The molecule has 0 spiro atoms. The van der Waals surface area contributed by atoms with Crippen LogP contribution in [0.25, 0.3) is 0 Å². The molecular formula is C18H25NO3S. The lowest BCUT2D eigenvalue weighted by Crippen LogP contribution is -2.39. The fourth-order valence-corrected chi connectivity index (χ4v) is 5.91. The van der Waals surface area contributed by atoms with Gasteiger partial charge in [-0.3, -0.25) is 4.79 Å². The van der Waals surface area contributed by atoms with Crippen molar-refractivity contribution in [1.29, 1.82) is 0 Å². The van der Waals surface area contributed by atoms with Crippen LogP contribution in [0, 0.1) is 5.92 Å². The van der Waals surface area contributed by atoms with Crippen molar-refractivity contribution in [2.24, 2.45) is 5.92 Å². The lowest BCUT2D eigenvalue weighted by atomic mass is 9.79. The highest BCUT2D eigenvalue weighted by Crippen LogP contribution is 2.40. The first-order valence-electron chi connectivity index (χ1n) is 8.52. The van der Waals surface area contributed by atoms with E-state index >= 15 is 0 Å². The van der Waals surface area contributed by atoms with Gasteiger partial charge in [0.05, 0.1) is 11.5 Å². The van der Waals surface area contributed by atoms with Crippen molar-refractivity contribution in [3.8, 4) is 0 Å². The summed E-state index contributed by atoms with van der Waals surface area (Å²) in [5, 5.41) is 3.08. The average Bonchev–Trinajstić information content (AvgIpc) is 3.14. The van der Waals surface area contributed by atoms with Gasteiger partial charge in [0.2, 0.25) is 5.91 Å². The van der Waals surface area contributed by atoms with E-state index < -0.39 is 9.84 Å². The van der Waals surface area contributed by atoms with Gasteiger partial charge in [-0.15, -0.1) is 0 Å². The van der Waals surface area contributed by atoms with E-state index in [4.69, 9.17) is 0 Å². The number of amides is 1. The predicted molar refractivity (Wildman–Crippen MR) is 91.0 cm³/mol. The van der Waals surface area contributed by atoms with Crippen molar-refractivity contribution in [2.75, 3.05) is 18.1 Å². The molecule has 4 nitrogen and oxygen atoms in total. The van der Waals surface area contributed by atoms with Gasteiger partial charge in [-0.25, -0.2) is 8.42 Å². The van der Waals surface area contributed by atoms with E-state index in [0.29, 0.717) is 19.4 Å². The van der Waals surface area contributed by atoms with E-state index in [1.807, 2.05) is 6.07 Å². The molecule has 1 aromatic rings. The first kappa shape index (κ1) is 16.5. The number of rotatable bonds is 5. The van der Waals surface area contributed by atoms with E-state index in [2.05, 4.69) is 29.6 Å². The molecule has 0 bridgehead atoms. The molecule has 1 amide bonds. The highest BCUT2D eigenvalue weighted by Gasteiger charge is 2.36. The zero-order valence-electron chi connectivity index (χ0n) is 13.5. The Morgan fingerprint density at radius 1 is 1.17 bits per heavy atom. The Labute approximate surface area is 138 Å². The normalized spacial score (nSPS) is 25.3. The Hall–Kier alpha value is -1.36. The minimum Gasteiger partial charge on any atom is -0.355 e. The van der Waals surface area contributed by atoms with Crippen molar-refractivity contribution < 1.29 is 13.2 Å². The maximum atomic E-state index is 12.2. The molecule has 2 aliphatic rings. The van der Waals surface area contributed by atoms with Gasteiger partial charge in [0, 0.05) is 18.4 Å². The molecule has 1 saturated heterocycles.